The van der Waals surface area contributed by atoms with Gasteiger partial charge < -0.3 is 9.80 Å². The summed E-state index contributed by atoms with van der Waals surface area (Å²) in [5, 5.41) is 4.64. The van der Waals surface area contributed by atoms with E-state index in [-0.39, 0.29) is 43.6 Å². The van der Waals surface area contributed by atoms with Crippen molar-refractivity contribution in [3.05, 3.63) is 71.6 Å². The Bertz CT molecular complexity index is 1470. The van der Waals surface area contributed by atoms with Crippen LogP contribution in [0.15, 0.2) is 48.5 Å². The molecule has 0 N–H and O–H groups in total. The van der Waals surface area contributed by atoms with Crippen LogP contribution in [0.3, 0.4) is 0 Å². The van der Waals surface area contributed by atoms with Gasteiger partial charge in [-0.05, 0) is 35.6 Å². The van der Waals surface area contributed by atoms with Crippen molar-refractivity contribution < 1.29 is 22.0 Å². The third-order valence-corrected chi connectivity index (χ3v) is 8.41. The Morgan fingerprint density at radius 1 is 1.05 bits per heavy atom. The van der Waals surface area contributed by atoms with E-state index in [9.17, 15) is 22.0 Å². The first-order valence-electron chi connectivity index (χ1n) is 13.7. The molecule has 1 fully saturated rings. The molecule has 4 rings (SSSR count). The molecule has 0 bridgehead atoms. The van der Waals surface area contributed by atoms with Crippen LogP contribution in [0.2, 0.25) is 0 Å². The van der Waals surface area contributed by atoms with Crippen molar-refractivity contribution >= 4 is 16.1 Å². The van der Waals surface area contributed by atoms with Crippen LogP contribution in [0.1, 0.15) is 51.5 Å². The van der Waals surface area contributed by atoms with E-state index >= 15 is 0 Å². The zero-order valence-corrected chi connectivity index (χ0v) is 25.0. The monoisotopic (exact) mass is 588 g/mol. The number of urea groups is 1. The molecule has 1 saturated heterocycles. The maximum absolute atomic E-state index is 14.9. The van der Waals surface area contributed by atoms with E-state index in [2.05, 4.69) is 5.10 Å². The summed E-state index contributed by atoms with van der Waals surface area (Å²) in [5.41, 5.74) is 0.345. The van der Waals surface area contributed by atoms with Crippen molar-refractivity contribution in [1.29, 1.82) is 0 Å². The Labute approximate surface area is 240 Å². The standard InChI is InChI=1S/C29H38F2N6O3S/c1-6-14-36(28(38)34-15-17-35(18-16-34)41(5,39)40)25(29(2,3)4)27-32-26(23-19-22(30)12-13-24(23)31)33-37(27)20-21-10-8-7-9-11-21/h7-13,19,25H,6,14-18,20H2,1-5H3/t25-/m0/s1. The molecule has 12 heteroatoms. The minimum Gasteiger partial charge on any atom is -0.322 e. The number of carbonyl (C=O) groups excluding carboxylic acids is 1. The van der Waals surface area contributed by atoms with Gasteiger partial charge >= 0.3 is 6.03 Å². The van der Waals surface area contributed by atoms with Gasteiger partial charge in [-0.15, -0.1) is 0 Å². The van der Waals surface area contributed by atoms with E-state index in [1.807, 2.05) is 58.0 Å². The highest BCUT2D eigenvalue weighted by molar-refractivity contribution is 7.88. The number of amides is 2. The minimum atomic E-state index is -3.35. The average Bonchev–Trinajstić information content (AvgIpc) is 3.31. The highest BCUT2D eigenvalue weighted by atomic mass is 32.2. The summed E-state index contributed by atoms with van der Waals surface area (Å²) in [4.78, 5) is 22.3. The molecule has 1 atom stereocenters. The summed E-state index contributed by atoms with van der Waals surface area (Å²) in [6.07, 6.45) is 1.84. The zero-order chi connectivity index (χ0) is 29.9. The summed E-state index contributed by atoms with van der Waals surface area (Å²) >= 11 is 0. The summed E-state index contributed by atoms with van der Waals surface area (Å²) < 4.78 is 56.1. The molecule has 2 amide bonds. The molecule has 9 nitrogen and oxygen atoms in total. The van der Waals surface area contributed by atoms with Crippen LogP contribution in [0, 0.1) is 17.0 Å². The van der Waals surface area contributed by atoms with Crippen molar-refractivity contribution in [1.82, 2.24) is 28.9 Å². The normalized spacial score (nSPS) is 15.6. The lowest BCUT2D eigenvalue weighted by atomic mass is 9.84. The third-order valence-electron chi connectivity index (χ3n) is 7.11. The van der Waals surface area contributed by atoms with Crippen LogP contribution in [-0.2, 0) is 16.6 Å². The largest absolute Gasteiger partial charge is 0.322 e. The Kier molecular flexibility index (Phi) is 9.13. The molecule has 0 aliphatic carbocycles. The minimum absolute atomic E-state index is 0.0350. The molecule has 0 spiro atoms. The van der Waals surface area contributed by atoms with Gasteiger partial charge in [0.15, 0.2) is 11.6 Å². The lowest BCUT2D eigenvalue weighted by Crippen LogP contribution is -2.55. The van der Waals surface area contributed by atoms with Crippen LogP contribution < -0.4 is 0 Å². The number of nitrogens with zero attached hydrogens (tertiary/aromatic N) is 6. The Hall–Kier alpha value is -3.38. The van der Waals surface area contributed by atoms with Crippen LogP contribution >= 0.6 is 0 Å². The number of hydrogen-bond donors (Lipinski definition) is 0. The van der Waals surface area contributed by atoms with Gasteiger partial charge in [-0.2, -0.15) is 9.40 Å². The number of rotatable bonds is 8. The van der Waals surface area contributed by atoms with E-state index in [1.165, 1.54) is 10.6 Å². The maximum Gasteiger partial charge on any atom is 0.320 e. The van der Waals surface area contributed by atoms with Gasteiger partial charge in [-0.25, -0.2) is 31.7 Å². The highest BCUT2D eigenvalue weighted by Crippen LogP contribution is 2.39. The van der Waals surface area contributed by atoms with Gasteiger partial charge in [0.05, 0.1) is 24.4 Å². The molecule has 2 heterocycles. The smallest absolute Gasteiger partial charge is 0.320 e. The lowest BCUT2D eigenvalue weighted by Gasteiger charge is -2.43. The van der Waals surface area contributed by atoms with Gasteiger partial charge in [0.2, 0.25) is 10.0 Å². The number of sulfonamides is 1. The molecule has 222 valence electrons. The molecule has 1 aromatic heterocycles. The molecule has 2 aromatic carbocycles. The second-order valence-electron chi connectivity index (χ2n) is 11.5. The Morgan fingerprint density at radius 3 is 2.29 bits per heavy atom. The Balaban J connectivity index is 1.79. The lowest BCUT2D eigenvalue weighted by molar-refractivity contribution is 0.0753. The maximum atomic E-state index is 14.9. The van der Waals surface area contributed by atoms with E-state index in [1.54, 1.807) is 14.5 Å². The van der Waals surface area contributed by atoms with Crippen molar-refractivity contribution in [2.24, 2.45) is 5.41 Å². The quantitative estimate of drug-likeness (QED) is 0.378. The zero-order valence-electron chi connectivity index (χ0n) is 24.2. The van der Waals surface area contributed by atoms with Gasteiger partial charge in [-0.3, -0.25) is 0 Å². The molecule has 0 unspecified atom stereocenters. The van der Waals surface area contributed by atoms with E-state index in [0.717, 1.165) is 23.8 Å². The number of piperazine rings is 1. The fourth-order valence-electron chi connectivity index (χ4n) is 5.18. The van der Waals surface area contributed by atoms with E-state index in [0.29, 0.717) is 25.3 Å². The fraction of sp³-hybridized carbons (Fsp3) is 0.483. The first-order chi connectivity index (χ1) is 19.3. The second-order valence-corrected chi connectivity index (χ2v) is 13.4. The molecule has 1 aliphatic heterocycles. The van der Waals surface area contributed by atoms with E-state index < -0.39 is 33.1 Å². The molecular weight excluding hydrogens is 550 g/mol. The number of benzene rings is 2. The predicted molar refractivity (Wildman–Crippen MR) is 153 cm³/mol. The first-order valence-corrected chi connectivity index (χ1v) is 15.6. The highest BCUT2D eigenvalue weighted by Gasteiger charge is 2.41. The van der Waals surface area contributed by atoms with Crippen molar-refractivity contribution in [2.45, 2.75) is 46.7 Å². The number of hydrogen-bond acceptors (Lipinski definition) is 5. The number of aromatic nitrogens is 3. The Morgan fingerprint density at radius 2 is 1.71 bits per heavy atom. The number of carbonyl (C=O) groups is 1. The second kappa shape index (κ2) is 12.2. The predicted octanol–water partition coefficient (Wildman–Crippen LogP) is 4.77. The van der Waals surface area contributed by atoms with Crippen molar-refractivity contribution in [2.75, 3.05) is 39.0 Å². The summed E-state index contributed by atoms with van der Waals surface area (Å²) in [5.74, 6) is -0.762. The molecule has 3 aromatic rings. The van der Waals surface area contributed by atoms with Crippen LogP contribution in [0.4, 0.5) is 13.6 Å². The van der Waals surface area contributed by atoms with Gasteiger partial charge in [0.25, 0.3) is 0 Å². The third kappa shape index (κ3) is 7.10. The molecule has 0 radical (unpaired) electrons. The topological polar surface area (TPSA) is 91.6 Å². The van der Waals surface area contributed by atoms with Crippen molar-refractivity contribution in [3.63, 3.8) is 0 Å². The van der Waals surface area contributed by atoms with E-state index in [4.69, 9.17) is 4.98 Å². The van der Waals surface area contributed by atoms with Crippen molar-refractivity contribution in [3.8, 4) is 11.4 Å². The SMILES string of the molecule is CCCN(C(=O)N1CCN(S(C)(=O)=O)CC1)[C@@H](c1nc(-c2cc(F)ccc2F)nn1Cc1ccccc1)C(C)(C)C. The first kappa shape index (κ1) is 30.6. The van der Waals surface area contributed by atoms with Crippen LogP contribution in [-0.4, -0.2) is 82.3 Å². The van der Waals surface area contributed by atoms with Gasteiger partial charge in [0.1, 0.15) is 11.6 Å². The molecular formula is C29H38F2N6O3S. The van der Waals surface area contributed by atoms with Crippen LogP contribution in [0.25, 0.3) is 11.4 Å². The summed E-state index contributed by atoms with van der Waals surface area (Å²) in [6.45, 7) is 9.67. The van der Waals surface area contributed by atoms with Crippen LogP contribution in [0.5, 0.6) is 0 Å². The molecule has 1 aliphatic rings. The van der Waals surface area contributed by atoms with Gasteiger partial charge in [-0.1, -0.05) is 58.0 Å². The molecule has 0 saturated carbocycles. The average molecular weight is 589 g/mol. The summed E-state index contributed by atoms with van der Waals surface area (Å²) in [6, 6.07) is 12.0. The molecule has 41 heavy (non-hydrogen) atoms. The van der Waals surface area contributed by atoms with Gasteiger partial charge in [0, 0.05) is 32.7 Å². The fourth-order valence-corrected chi connectivity index (χ4v) is 6.00. The number of halogens is 2. The summed E-state index contributed by atoms with van der Waals surface area (Å²) in [7, 11) is -3.35.